The second-order valence-electron chi connectivity index (χ2n) is 4.23. The number of halogens is 2. The van der Waals surface area contributed by atoms with Gasteiger partial charge in [-0.3, -0.25) is 4.79 Å². The lowest BCUT2D eigenvalue weighted by Gasteiger charge is -2.10. The van der Waals surface area contributed by atoms with Gasteiger partial charge in [-0.2, -0.15) is 0 Å². The van der Waals surface area contributed by atoms with Gasteiger partial charge in [0.25, 0.3) is 5.91 Å². The second kappa shape index (κ2) is 6.64. The van der Waals surface area contributed by atoms with E-state index in [-0.39, 0.29) is 5.91 Å². The number of carbonyl (C=O) groups is 1. The maximum Gasteiger partial charge on any atom is 0.251 e. The number of para-hydroxylation sites is 1. The summed E-state index contributed by atoms with van der Waals surface area (Å²) in [6, 6.07) is 12.7. The molecule has 2 N–H and O–H groups in total. The number of hydrogen-bond donors (Lipinski definition) is 2. The number of amides is 1. The molecule has 0 spiro atoms. The van der Waals surface area contributed by atoms with Gasteiger partial charge in [-0.15, -0.1) is 0 Å². The first-order chi connectivity index (χ1) is 9.61. The molecule has 104 valence electrons. The molecule has 20 heavy (non-hydrogen) atoms. The van der Waals surface area contributed by atoms with Crippen molar-refractivity contribution >= 4 is 34.8 Å². The number of nitrogens with one attached hydrogen (secondary N) is 2. The summed E-state index contributed by atoms with van der Waals surface area (Å²) in [5.41, 5.74) is 2.38. The molecule has 0 heterocycles. The summed E-state index contributed by atoms with van der Waals surface area (Å²) in [5.74, 6) is -0.0985. The Morgan fingerprint density at radius 3 is 2.20 bits per heavy atom. The highest BCUT2D eigenvalue weighted by Crippen LogP contribution is 2.30. The first-order valence-corrected chi connectivity index (χ1v) is 6.86. The van der Waals surface area contributed by atoms with E-state index in [1.165, 1.54) is 0 Å². The van der Waals surface area contributed by atoms with Crippen LogP contribution < -0.4 is 10.6 Å². The molecular formula is C15H14Cl2N2O. The van der Waals surface area contributed by atoms with E-state index in [2.05, 4.69) is 10.6 Å². The maximum atomic E-state index is 11.4. The fourth-order valence-corrected chi connectivity index (χ4v) is 2.31. The van der Waals surface area contributed by atoms with Crippen LogP contribution in [0.25, 0.3) is 0 Å². The van der Waals surface area contributed by atoms with Crippen molar-refractivity contribution in [2.45, 2.75) is 6.54 Å². The predicted molar refractivity (Wildman–Crippen MR) is 83.6 cm³/mol. The van der Waals surface area contributed by atoms with Crippen LogP contribution in [-0.2, 0) is 6.54 Å². The Balaban J connectivity index is 2.06. The molecule has 2 rings (SSSR count). The molecule has 0 saturated carbocycles. The standard InChI is InChI=1S/C15H14Cl2N2O/c1-18-15(20)11-7-5-10(6-8-11)9-19-14-12(16)3-2-4-13(14)17/h2-8,19H,9H2,1H3,(H,18,20). The molecule has 0 bridgehead atoms. The third-order valence-corrected chi connectivity index (χ3v) is 3.51. The van der Waals surface area contributed by atoms with Crippen molar-refractivity contribution < 1.29 is 4.79 Å². The minimum atomic E-state index is -0.0985. The van der Waals surface area contributed by atoms with Crippen LogP contribution in [0.3, 0.4) is 0 Å². The van der Waals surface area contributed by atoms with Gasteiger partial charge in [0.1, 0.15) is 0 Å². The summed E-state index contributed by atoms with van der Waals surface area (Å²) in [7, 11) is 1.61. The first-order valence-electron chi connectivity index (χ1n) is 6.10. The van der Waals surface area contributed by atoms with Crippen LogP contribution in [0.5, 0.6) is 0 Å². The molecule has 0 aromatic heterocycles. The molecular weight excluding hydrogens is 295 g/mol. The van der Waals surface area contributed by atoms with Gasteiger partial charge in [-0.05, 0) is 29.8 Å². The Morgan fingerprint density at radius 2 is 1.65 bits per heavy atom. The van der Waals surface area contributed by atoms with E-state index in [4.69, 9.17) is 23.2 Å². The van der Waals surface area contributed by atoms with Crippen LogP contribution in [0.1, 0.15) is 15.9 Å². The minimum absolute atomic E-state index is 0.0985. The third kappa shape index (κ3) is 3.44. The average Bonchev–Trinajstić information content (AvgIpc) is 2.46. The van der Waals surface area contributed by atoms with Crippen molar-refractivity contribution in [2.24, 2.45) is 0 Å². The van der Waals surface area contributed by atoms with Gasteiger partial charge in [-0.1, -0.05) is 41.4 Å². The van der Waals surface area contributed by atoms with Crippen molar-refractivity contribution in [1.82, 2.24) is 5.32 Å². The zero-order valence-electron chi connectivity index (χ0n) is 10.9. The Kier molecular flexibility index (Phi) is 4.88. The quantitative estimate of drug-likeness (QED) is 0.897. The predicted octanol–water partition coefficient (Wildman–Crippen LogP) is 3.97. The second-order valence-corrected chi connectivity index (χ2v) is 5.04. The molecule has 0 saturated heterocycles. The number of rotatable bonds is 4. The Morgan fingerprint density at radius 1 is 1.05 bits per heavy atom. The van der Waals surface area contributed by atoms with Gasteiger partial charge in [0.05, 0.1) is 15.7 Å². The molecule has 3 nitrogen and oxygen atoms in total. The van der Waals surface area contributed by atoms with Crippen molar-refractivity contribution in [3.8, 4) is 0 Å². The van der Waals surface area contributed by atoms with Gasteiger partial charge >= 0.3 is 0 Å². The summed E-state index contributed by atoms with van der Waals surface area (Å²) < 4.78 is 0. The lowest BCUT2D eigenvalue weighted by atomic mass is 10.1. The lowest BCUT2D eigenvalue weighted by molar-refractivity contribution is 0.0963. The van der Waals surface area contributed by atoms with Crippen molar-refractivity contribution in [3.05, 3.63) is 63.6 Å². The van der Waals surface area contributed by atoms with Crippen molar-refractivity contribution in [3.63, 3.8) is 0 Å². The van der Waals surface area contributed by atoms with Crippen molar-refractivity contribution in [1.29, 1.82) is 0 Å². The first kappa shape index (κ1) is 14.7. The van der Waals surface area contributed by atoms with Crippen LogP contribution in [0, 0.1) is 0 Å². The monoisotopic (exact) mass is 308 g/mol. The molecule has 0 radical (unpaired) electrons. The summed E-state index contributed by atoms with van der Waals surface area (Å²) in [4.78, 5) is 11.4. The van der Waals surface area contributed by atoms with Crippen LogP contribution in [0.4, 0.5) is 5.69 Å². The molecule has 0 fully saturated rings. The van der Waals surface area contributed by atoms with E-state index in [0.717, 1.165) is 5.56 Å². The number of carbonyl (C=O) groups excluding carboxylic acids is 1. The van der Waals surface area contributed by atoms with E-state index in [0.29, 0.717) is 27.8 Å². The van der Waals surface area contributed by atoms with Gasteiger partial charge < -0.3 is 10.6 Å². The third-order valence-electron chi connectivity index (χ3n) is 2.88. The van der Waals surface area contributed by atoms with Crippen molar-refractivity contribution in [2.75, 3.05) is 12.4 Å². The van der Waals surface area contributed by atoms with E-state index in [1.54, 1.807) is 37.4 Å². The van der Waals surface area contributed by atoms with Crippen LogP contribution in [0.15, 0.2) is 42.5 Å². The highest BCUT2D eigenvalue weighted by atomic mass is 35.5. The zero-order valence-corrected chi connectivity index (χ0v) is 12.4. The van der Waals surface area contributed by atoms with E-state index in [9.17, 15) is 4.79 Å². The number of anilines is 1. The molecule has 2 aromatic rings. The van der Waals surface area contributed by atoms with Crippen LogP contribution in [-0.4, -0.2) is 13.0 Å². The highest BCUT2D eigenvalue weighted by molar-refractivity contribution is 6.39. The highest BCUT2D eigenvalue weighted by Gasteiger charge is 2.05. The van der Waals surface area contributed by atoms with E-state index < -0.39 is 0 Å². The Bertz CT molecular complexity index is 592. The smallest absolute Gasteiger partial charge is 0.251 e. The molecule has 0 aliphatic carbocycles. The molecule has 0 atom stereocenters. The molecule has 2 aromatic carbocycles. The largest absolute Gasteiger partial charge is 0.379 e. The normalized spacial score (nSPS) is 10.2. The summed E-state index contributed by atoms with van der Waals surface area (Å²) in [6.45, 7) is 0.581. The number of benzene rings is 2. The van der Waals surface area contributed by atoms with E-state index >= 15 is 0 Å². The molecule has 0 unspecified atom stereocenters. The SMILES string of the molecule is CNC(=O)c1ccc(CNc2c(Cl)cccc2Cl)cc1. The summed E-state index contributed by atoms with van der Waals surface area (Å²) in [6.07, 6.45) is 0. The Hall–Kier alpha value is -1.71. The molecule has 5 heteroatoms. The molecule has 1 amide bonds. The summed E-state index contributed by atoms with van der Waals surface area (Å²) in [5, 5.41) is 6.95. The van der Waals surface area contributed by atoms with Gasteiger partial charge in [0.15, 0.2) is 0 Å². The van der Waals surface area contributed by atoms with E-state index in [1.807, 2.05) is 12.1 Å². The average molecular weight is 309 g/mol. The Labute approximate surface area is 127 Å². The minimum Gasteiger partial charge on any atom is -0.379 e. The topological polar surface area (TPSA) is 41.1 Å². The lowest BCUT2D eigenvalue weighted by Crippen LogP contribution is -2.17. The maximum absolute atomic E-state index is 11.4. The van der Waals surface area contributed by atoms with Gasteiger partial charge in [-0.25, -0.2) is 0 Å². The van der Waals surface area contributed by atoms with Crippen LogP contribution in [0.2, 0.25) is 10.0 Å². The fourth-order valence-electron chi connectivity index (χ4n) is 1.78. The fraction of sp³-hybridized carbons (Fsp3) is 0.133. The summed E-state index contributed by atoms with van der Waals surface area (Å²) >= 11 is 12.2. The molecule has 0 aliphatic heterocycles. The molecule has 0 aliphatic rings. The van der Waals surface area contributed by atoms with Gasteiger partial charge in [0.2, 0.25) is 0 Å². The number of hydrogen-bond acceptors (Lipinski definition) is 2. The van der Waals surface area contributed by atoms with Crippen LogP contribution >= 0.6 is 23.2 Å². The zero-order chi connectivity index (χ0) is 14.5. The van der Waals surface area contributed by atoms with Gasteiger partial charge in [0, 0.05) is 19.2 Å².